The maximum atomic E-state index is 12.8. The molecule has 0 radical (unpaired) electrons. The van der Waals surface area contributed by atoms with Crippen LogP contribution in [0.15, 0.2) is 48.5 Å². The molecule has 0 saturated carbocycles. The first kappa shape index (κ1) is 18.9. The minimum Gasteiger partial charge on any atom is -0.358 e. The Morgan fingerprint density at radius 3 is 2.52 bits per heavy atom. The highest BCUT2D eigenvalue weighted by Crippen LogP contribution is 2.23. The first-order chi connectivity index (χ1) is 14.0. The van der Waals surface area contributed by atoms with Gasteiger partial charge in [-0.3, -0.25) is 14.4 Å². The molecule has 1 saturated heterocycles. The summed E-state index contributed by atoms with van der Waals surface area (Å²) in [5.41, 5.74) is 2.79. The van der Waals surface area contributed by atoms with Gasteiger partial charge in [0.1, 0.15) is 0 Å². The van der Waals surface area contributed by atoms with Crippen molar-refractivity contribution in [3.05, 3.63) is 65.4 Å². The second-order valence-corrected chi connectivity index (χ2v) is 7.39. The van der Waals surface area contributed by atoms with Gasteiger partial charge < -0.3 is 15.2 Å². The fourth-order valence-electron chi connectivity index (χ4n) is 3.88. The third kappa shape index (κ3) is 3.78. The largest absolute Gasteiger partial charge is 0.358 e. The van der Waals surface area contributed by atoms with E-state index in [1.165, 1.54) is 0 Å². The van der Waals surface area contributed by atoms with Crippen LogP contribution in [0.5, 0.6) is 0 Å². The number of rotatable bonds is 4. The third-order valence-corrected chi connectivity index (χ3v) is 5.34. The van der Waals surface area contributed by atoms with Gasteiger partial charge in [0.15, 0.2) is 0 Å². The summed E-state index contributed by atoms with van der Waals surface area (Å²) < 4.78 is 0. The summed E-state index contributed by atoms with van der Waals surface area (Å²) in [6, 6.07) is 14.2. The van der Waals surface area contributed by atoms with Gasteiger partial charge in [0.05, 0.1) is 5.56 Å². The standard InChI is InChI=1S/C23H23N3O3/c1-15-20(18-10-3-4-11-19(18)24-15)21(27)22(28)25-17-9-7-8-16(14-17)23(29)26-12-5-2-6-13-26/h3-4,7-11,14,24H,2,5-6,12-13H2,1H3,(H,25,28). The molecule has 1 aliphatic rings. The number of hydrogen-bond donors (Lipinski definition) is 2. The van der Waals surface area contributed by atoms with E-state index in [4.69, 9.17) is 0 Å². The van der Waals surface area contributed by atoms with Crippen molar-refractivity contribution in [3.8, 4) is 0 Å². The topological polar surface area (TPSA) is 82.3 Å². The fourth-order valence-corrected chi connectivity index (χ4v) is 3.88. The SMILES string of the molecule is Cc1[nH]c2ccccc2c1C(=O)C(=O)Nc1cccc(C(=O)N2CCCCC2)c1. The molecule has 0 unspecified atom stereocenters. The van der Waals surface area contributed by atoms with E-state index in [0.717, 1.165) is 43.3 Å². The normalized spacial score (nSPS) is 14.0. The first-order valence-corrected chi connectivity index (χ1v) is 9.87. The maximum absolute atomic E-state index is 12.8. The van der Waals surface area contributed by atoms with E-state index in [9.17, 15) is 14.4 Å². The molecule has 1 fully saturated rings. The average Bonchev–Trinajstić information content (AvgIpc) is 3.09. The highest BCUT2D eigenvalue weighted by atomic mass is 16.2. The van der Waals surface area contributed by atoms with Crippen molar-refractivity contribution in [1.29, 1.82) is 0 Å². The van der Waals surface area contributed by atoms with Gasteiger partial charge in [0.25, 0.3) is 17.6 Å². The van der Waals surface area contributed by atoms with Gasteiger partial charge >= 0.3 is 0 Å². The zero-order valence-corrected chi connectivity index (χ0v) is 16.3. The van der Waals surface area contributed by atoms with Crippen molar-refractivity contribution in [2.24, 2.45) is 0 Å². The molecule has 1 aromatic heterocycles. The number of anilines is 1. The number of amides is 2. The summed E-state index contributed by atoms with van der Waals surface area (Å²) in [7, 11) is 0. The molecule has 2 aromatic carbocycles. The number of benzene rings is 2. The minimum absolute atomic E-state index is 0.0420. The number of Topliss-reactive ketones (excluding diaryl/α,β-unsaturated/α-hetero) is 1. The Bertz CT molecular complexity index is 1090. The summed E-state index contributed by atoms with van der Waals surface area (Å²) in [6.07, 6.45) is 3.18. The quantitative estimate of drug-likeness (QED) is 0.524. The minimum atomic E-state index is -0.722. The first-order valence-electron chi connectivity index (χ1n) is 9.87. The molecule has 0 spiro atoms. The van der Waals surface area contributed by atoms with Crippen LogP contribution in [0.1, 0.15) is 45.7 Å². The Balaban J connectivity index is 1.53. The lowest BCUT2D eigenvalue weighted by molar-refractivity contribution is -0.112. The number of aromatic nitrogens is 1. The zero-order valence-electron chi connectivity index (χ0n) is 16.3. The lowest BCUT2D eigenvalue weighted by Crippen LogP contribution is -2.35. The van der Waals surface area contributed by atoms with Gasteiger partial charge in [-0.1, -0.05) is 24.3 Å². The Kier molecular flexibility index (Phi) is 5.16. The number of fused-ring (bicyclic) bond motifs is 1. The third-order valence-electron chi connectivity index (χ3n) is 5.34. The van der Waals surface area contributed by atoms with E-state index in [2.05, 4.69) is 10.3 Å². The smallest absolute Gasteiger partial charge is 0.296 e. The number of likely N-dealkylation sites (tertiary alicyclic amines) is 1. The number of para-hydroxylation sites is 1. The van der Waals surface area contributed by atoms with Gasteiger partial charge in [0, 0.05) is 40.9 Å². The number of nitrogens with one attached hydrogen (secondary N) is 2. The van der Waals surface area contributed by atoms with E-state index < -0.39 is 11.7 Å². The number of nitrogens with zero attached hydrogens (tertiary/aromatic N) is 1. The van der Waals surface area contributed by atoms with E-state index >= 15 is 0 Å². The molecule has 3 aromatic rings. The van der Waals surface area contributed by atoms with Gasteiger partial charge in [-0.25, -0.2) is 0 Å². The van der Waals surface area contributed by atoms with Crippen LogP contribution >= 0.6 is 0 Å². The van der Waals surface area contributed by atoms with E-state index in [0.29, 0.717) is 22.5 Å². The van der Waals surface area contributed by atoms with Gasteiger partial charge in [0.2, 0.25) is 0 Å². The molecule has 0 bridgehead atoms. The van der Waals surface area contributed by atoms with E-state index in [-0.39, 0.29) is 5.91 Å². The average molecular weight is 389 g/mol. The predicted molar refractivity (Wildman–Crippen MR) is 112 cm³/mol. The van der Waals surface area contributed by atoms with Crippen LogP contribution in [0, 0.1) is 6.92 Å². The van der Waals surface area contributed by atoms with Crippen molar-refractivity contribution in [2.45, 2.75) is 26.2 Å². The number of carbonyl (C=O) groups is 3. The van der Waals surface area contributed by atoms with Crippen molar-refractivity contribution >= 4 is 34.2 Å². The Morgan fingerprint density at radius 2 is 1.72 bits per heavy atom. The number of hydrogen-bond acceptors (Lipinski definition) is 3. The molecule has 0 aliphatic carbocycles. The molecule has 2 N–H and O–H groups in total. The Hall–Kier alpha value is -3.41. The summed E-state index contributed by atoms with van der Waals surface area (Å²) in [4.78, 5) is 43.1. The maximum Gasteiger partial charge on any atom is 0.296 e. The van der Waals surface area contributed by atoms with Crippen LogP contribution < -0.4 is 5.32 Å². The van der Waals surface area contributed by atoms with Gasteiger partial charge in [-0.05, 0) is 50.5 Å². The molecule has 6 nitrogen and oxygen atoms in total. The second-order valence-electron chi connectivity index (χ2n) is 7.39. The molecule has 4 rings (SSSR count). The Morgan fingerprint density at radius 1 is 0.966 bits per heavy atom. The van der Waals surface area contributed by atoms with E-state index in [1.807, 2.05) is 29.2 Å². The summed E-state index contributed by atoms with van der Waals surface area (Å²) in [5, 5.41) is 3.37. The highest BCUT2D eigenvalue weighted by Gasteiger charge is 2.23. The van der Waals surface area contributed by atoms with Crippen molar-refractivity contribution < 1.29 is 14.4 Å². The Labute approximate surface area is 168 Å². The lowest BCUT2D eigenvalue weighted by atomic mass is 10.1. The number of H-pyrrole nitrogens is 1. The molecular formula is C23H23N3O3. The van der Waals surface area contributed by atoms with Crippen LogP contribution in [0.25, 0.3) is 10.9 Å². The number of ketones is 1. The van der Waals surface area contributed by atoms with Crippen molar-refractivity contribution in [3.63, 3.8) is 0 Å². The molecule has 0 atom stereocenters. The van der Waals surface area contributed by atoms with Gasteiger partial charge in [-0.2, -0.15) is 0 Å². The predicted octanol–water partition coefficient (Wildman–Crippen LogP) is 3.92. The fraction of sp³-hybridized carbons (Fsp3) is 0.261. The van der Waals surface area contributed by atoms with E-state index in [1.54, 1.807) is 31.2 Å². The monoisotopic (exact) mass is 389 g/mol. The molecular weight excluding hydrogens is 366 g/mol. The summed E-state index contributed by atoms with van der Waals surface area (Å²) in [6.45, 7) is 3.29. The number of aromatic amines is 1. The van der Waals surface area contributed by atoms with Crippen molar-refractivity contribution in [2.75, 3.05) is 18.4 Å². The summed E-state index contributed by atoms with van der Waals surface area (Å²) >= 11 is 0. The van der Waals surface area contributed by atoms with Crippen molar-refractivity contribution in [1.82, 2.24) is 9.88 Å². The number of carbonyl (C=O) groups excluding carboxylic acids is 3. The number of aryl methyl sites for hydroxylation is 1. The molecule has 29 heavy (non-hydrogen) atoms. The van der Waals surface area contributed by atoms with Gasteiger partial charge in [-0.15, -0.1) is 0 Å². The van der Waals surface area contributed by atoms with Crippen LogP contribution in [0.3, 0.4) is 0 Å². The zero-order chi connectivity index (χ0) is 20.4. The molecule has 6 heteroatoms. The number of piperidine rings is 1. The van der Waals surface area contributed by atoms with Crippen LogP contribution in [0.4, 0.5) is 5.69 Å². The second kappa shape index (κ2) is 7.91. The highest BCUT2D eigenvalue weighted by molar-refractivity contribution is 6.48. The molecule has 148 valence electrons. The molecule has 2 heterocycles. The lowest BCUT2D eigenvalue weighted by Gasteiger charge is -2.26. The van der Waals surface area contributed by atoms with Crippen LogP contribution in [0.2, 0.25) is 0 Å². The molecule has 1 aliphatic heterocycles. The summed E-state index contributed by atoms with van der Waals surface area (Å²) in [5.74, 6) is -1.37. The van der Waals surface area contributed by atoms with Crippen LogP contribution in [-0.2, 0) is 4.79 Å². The molecule has 2 amide bonds. The van der Waals surface area contributed by atoms with Crippen LogP contribution in [-0.4, -0.2) is 40.6 Å².